The van der Waals surface area contributed by atoms with Crippen LogP contribution in [0.2, 0.25) is 0 Å². The SMILES string of the molecule is FC(F)(F)c1cc2c(ccc3sc(-c4ccc5sc6ccc(-c7cc8c(ccc9sc(C(F)(F)F)cc98)s7)cc6c5c4)cc32)s1. The van der Waals surface area contributed by atoms with Crippen molar-refractivity contribution in [3.63, 3.8) is 0 Å². The van der Waals surface area contributed by atoms with Crippen molar-refractivity contribution in [1.82, 2.24) is 0 Å². The topological polar surface area (TPSA) is 0 Å². The van der Waals surface area contributed by atoms with Crippen LogP contribution < -0.4 is 0 Å². The number of alkyl halides is 6. The molecule has 5 heterocycles. The molecule has 45 heavy (non-hydrogen) atoms. The summed E-state index contributed by atoms with van der Waals surface area (Å²) in [6, 6.07) is 26.4. The second-order valence-corrected chi connectivity index (χ2v) is 16.2. The van der Waals surface area contributed by atoms with Gasteiger partial charge in [-0.15, -0.1) is 56.7 Å². The molecule has 0 radical (unpaired) electrons. The zero-order valence-electron chi connectivity index (χ0n) is 22.4. The highest BCUT2D eigenvalue weighted by Gasteiger charge is 2.34. The Morgan fingerprint density at radius 2 is 0.644 bits per heavy atom. The average molecular weight is 697 g/mol. The minimum Gasteiger partial charge on any atom is -0.165 e. The van der Waals surface area contributed by atoms with E-state index in [1.54, 1.807) is 46.1 Å². The normalized spacial score (nSPS) is 13.1. The van der Waals surface area contributed by atoms with E-state index in [-0.39, 0.29) is 0 Å². The molecule has 0 amide bonds. The minimum atomic E-state index is -4.37. The molecule has 11 heteroatoms. The second kappa shape index (κ2) is 9.52. The molecule has 4 aromatic carbocycles. The van der Waals surface area contributed by atoms with Gasteiger partial charge in [0.15, 0.2) is 0 Å². The third kappa shape index (κ3) is 4.43. The van der Waals surface area contributed by atoms with E-state index in [4.69, 9.17) is 0 Å². The molecule has 0 saturated heterocycles. The molecule has 0 spiro atoms. The molecule has 5 aromatic heterocycles. The van der Waals surface area contributed by atoms with Crippen LogP contribution in [0.3, 0.4) is 0 Å². The van der Waals surface area contributed by atoms with Gasteiger partial charge in [-0.2, -0.15) is 26.3 Å². The maximum Gasteiger partial charge on any atom is 0.425 e. The predicted octanol–water partition coefficient (Wildman–Crippen LogP) is 14.3. The lowest BCUT2D eigenvalue weighted by Gasteiger charge is -2.00. The summed E-state index contributed by atoms with van der Waals surface area (Å²) in [7, 11) is 0. The van der Waals surface area contributed by atoms with Crippen LogP contribution in [0, 0.1) is 0 Å². The lowest BCUT2D eigenvalue weighted by molar-refractivity contribution is -0.135. The summed E-state index contributed by atoms with van der Waals surface area (Å²) in [4.78, 5) is 0.780. The van der Waals surface area contributed by atoms with Gasteiger partial charge >= 0.3 is 12.4 Å². The second-order valence-electron chi connectivity index (χ2n) is 10.7. The Hall–Kier alpha value is -3.48. The predicted molar refractivity (Wildman–Crippen MR) is 182 cm³/mol. The van der Waals surface area contributed by atoms with Gasteiger partial charge in [0, 0.05) is 70.3 Å². The fourth-order valence-electron chi connectivity index (χ4n) is 5.91. The van der Waals surface area contributed by atoms with E-state index in [2.05, 4.69) is 36.4 Å². The van der Waals surface area contributed by atoms with E-state index in [1.807, 2.05) is 24.3 Å². The lowest BCUT2D eigenvalue weighted by Crippen LogP contribution is -2.00. The number of halogens is 6. The Labute approximate surface area is 270 Å². The Bertz CT molecular complexity index is 2460. The van der Waals surface area contributed by atoms with Crippen molar-refractivity contribution >= 4 is 117 Å². The van der Waals surface area contributed by atoms with E-state index in [0.29, 0.717) is 20.2 Å². The van der Waals surface area contributed by atoms with Crippen LogP contribution in [0.4, 0.5) is 26.3 Å². The molecule has 0 nitrogen and oxygen atoms in total. The molecule has 0 saturated carbocycles. The first kappa shape index (κ1) is 27.8. The Balaban J connectivity index is 1.15. The quantitative estimate of drug-likeness (QED) is 0.158. The number of benzene rings is 4. The highest BCUT2D eigenvalue weighted by molar-refractivity contribution is 7.26. The molecular formula is C34H14F6S5. The molecule has 0 unspecified atom stereocenters. The molecule has 0 aliphatic heterocycles. The number of rotatable bonds is 2. The van der Waals surface area contributed by atoms with Crippen LogP contribution in [0.25, 0.3) is 81.4 Å². The monoisotopic (exact) mass is 696 g/mol. The summed E-state index contributed by atoms with van der Waals surface area (Å²) in [6.07, 6.45) is -8.75. The van der Waals surface area contributed by atoms with Gasteiger partial charge in [0.1, 0.15) is 9.75 Å². The van der Waals surface area contributed by atoms with Gasteiger partial charge in [-0.05, 0) is 83.9 Å². The molecule has 9 rings (SSSR count). The minimum absolute atomic E-state index is 0.593. The standard InChI is InChI=1S/C34H14F6S5/c35-33(36,37)31-13-21-19-11-29(42-25(19)5-7-27(21)44-31)15-1-3-23-17(9-15)18-10-16(2-4-24(18)41-23)30-12-20-22-14-32(34(38,39)40)45-28(22)8-6-26(20)43-30/h1-14H. The van der Waals surface area contributed by atoms with Crippen molar-refractivity contribution < 1.29 is 26.3 Å². The summed E-state index contributed by atoms with van der Waals surface area (Å²) in [6.45, 7) is 0. The summed E-state index contributed by atoms with van der Waals surface area (Å²) < 4.78 is 85.8. The first-order chi connectivity index (χ1) is 21.5. The zero-order valence-corrected chi connectivity index (χ0v) is 26.5. The van der Waals surface area contributed by atoms with E-state index in [1.165, 1.54) is 12.1 Å². The van der Waals surface area contributed by atoms with E-state index in [9.17, 15) is 26.3 Å². The summed E-state index contributed by atoms with van der Waals surface area (Å²) in [5.41, 5.74) is 1.99. The fourth-order valence-corrected chi connectivity index (χ4v) is 11.0. The summed E-state index contributed by atoms with van der Waals surface area (Å²) >= 11 is 6.36. The fraction of sp³-hybridized carbons (Fsp3) is 0.0588. The molecule has 222 valence electrons. The zero-order chi connectivity index (χ0) is 30.8. The van der Waals surface area contributed by atoms with Crippen molar-refractivity contribution in [3.8, 4) is 20.9 Å². The van der Waals surface area contributed by atoms with Crippen LogP contribution in [-0.4, -0.2) is 0 Å². The maximum absolute atomic E-state index is 13.4. The van der Waals surface area contributed by atoms with Crippen molar-refractivity contribution in [2.75, 3.05) is 0 Å². The molecule has 0 atom stereocenters. The van der Waals surface area contributed by atoms with Crippen molar-refractivity contribution in [1.29, 1.82) is 0 Å². The maximum atomic E-state index is 13.4. The third-order valence-corrected chi connectivity index (χ3v) is 13.7. The third-order valence-electron chi connectivity index (χ3n) is 7.99. The van der Waals surface area contributed by atoms with Gasteiger partial charge in [0.25, 0.3) is 0 Å². The van der Waals surface area contributed by atoms with Crippen LogP contribution in [0.15, 0.2) is 84.9 Å². The van der Waals surface area contributed by atoms with Gasteiger partial charge in [0.2, 0.25) is 0 Å². The van der Waals surface area contributed by atoms with Crippen LogP contribution in [0.1, 0.15) is 9.75 Å². The molecular weight excluding hydrogens is 683 g/mol. The number of fused-ring (bicyclic) bond motifs is 9. The smallest absolute Gasteiger partial charge is 0.165 e. The van der Waals surface area contributed by atoms with Gasteiger partial charge in [-0.25, -0.2) is 0 Å². The molecule has 0 aliphatic carbocycles. The largest absolute Gasteiger partial charge is 0.425 e. The van der Waals surface area contributed by atoms with Crippen LogP contribution in [0.5, 0.6) is 0 Å². The molecule has 0 N–H and O–H groups in total. The van der Waals surface area contributed by atoms with Crippen LogP contribution in [-0.2, 0) is 12.4 Å². The Morgan fingerprint density at radius 3 is 1.04 bits per heavy atom. The van der Waals surface area contributed by atoms with Crippen LogP contribution >= 0.6 is 56.7 Å². The molecule has 9 aromatic rings. The first-order valence-corrected chi connectivity index (χ1v) is 17.6. The van der Waals surface area contributed by atoms with Gasteiger partial charge in [-0.3, -0.25) is 0 Å². The highest BCUT2D eigenvalue weighted by atomic mass is 32.1. The molecule has 0 bridgehead atoms. The number of thiophene rings is 5. The Kier molecular flexibility index (Phi) is 5.88. The summed E-state index contributed by atoms with van der Waals surface area (Å²) in [5, 5.41) is 5.06. The van der Waals surface area contributed by atoms with Crippen molar-refractivity contribution in [2.45, 2.75) is 12.4 Å². The van der Waals surface area contributed by atoms with Crippen molar-refractivity contribution in [3.05, 3.63) is 94.7 Å². The Morgan fingerprint density at radius 1 is 0.333 bits per heavy atom. The van der Waals surface area contributed by atoms with E-state index >= 15 is 0 Å². The first-order valence-electron chi connectivity index (χ1n) is 13.5. The number of hydrogen-bond donors (Lipinski definition) is 0. The van der Waals surface area contributed by atoms with Gasteiger partial charge in [-0.1, -0.05) is 12.1 Å². The molecule has 0 aliphatic rings. The van der Waals surface area contributed by atoms with E-state index in [0.717, 1.165) is 83.9 Å². The highest BCUT2D eigenvalue weighted by Crippen LogP contribution is 2.47. The summed E-state index contributed by atoms with van der Waals surface area (Å²) in [5.74, 6) is 0. The van der Waals surface area contributed by atoms with Gasteiger partial charge in [0.05, 0.1) is 0 Å². The van der Waals surface area contributed by atoms with Crippen molar-refractivity contribution in [2.24, 2.45) is 0 Å². The lowest BCUT2D eigenvalue weighted by atomic mass is 10.0. The van der Waals surface area contributed by atoms with E-state index < -0.39 is 22.1 Å². The van der Waals surface area contributed by atoms with Gasteiger partial charge < -0.3 is 0 Å². The average Bonchev–Trinajstić information content (AvgIpc) is 3.81. The molecule has 0 fully saturated rings. The number of hydrogen-bond acceptors (Lipinski definition) is 5.